The number of anilines is 1. The minimum Gasteiger partial charge on any atom is -0.381 e. The summed E-state index contributed by atoms with van der Waals surface area (Å²) < 4.78 is 1.62. The Morgan fingerprint density at radius 2 is 1.90 bits per heavy atom. The summed E-state index contributed by atoms with van der Waals surface area (Å²) in [6.07, 6.45) is 0. The van der Waals surface area contributed by atoms with Gasteiger partial charge in [-0.3, -0.25) is 10.1 Å². The van der Waals surface area contributed by atoms with Gasteiger partial charge in [-0.05, 0) is 19.4 Å². The van der Waals surface area contributed by atoms with E-state index < -0.39 is 4.92 Å². The number of nitrogens with two attached hydrogens (primary N) is 1. The lowest BCUT2D eigenvalue weighted by molar-refractivity contribution is -0.385. The lowest BCUT2D eigenvalue weighted by Gasteiger charge is -2.21. The van der Waals surface area contributed by atoms with E-state index in [-0.39, 0.29) is 11.1 Å². The third-order valence-corrected chi connectivity index (χ3v) is 3.42. The summed E-state index contributed by atoms with van der Waals surface area (Å²) in [5.74, 6) is 0.341. The van der Waals surface area contributed by atoms with E-state index in [4.69, 9.17) is 5.73 Å². The number of aryl methyl sites for hydroxylation is 1. The molecular weight excluding hydrogens is 270 g/mol. The third kappa shape index (κ3) is 2.46. The number of nitrogen functional groups attached to an aromatic ring is 1. The zero-order chi connectivity index (χ0) is 15.9. The van der Waals surface area contributed by atoms with E-state index >= 15 is 0 Å². The number of hydrogen-bond donors (Lipinski definition) is 1. The molecular formula is C14H19N5O2. The lowest BCUT2D eigenvalue weighted by atomic mass is 9.91. The standard InChI is InChI=1S/C14H19N5O2/c1-8-6-7-10(19(20)21)9(2)11(8)18-12(14(3,4)5)13(15)16-17-18/h6-7H,15H2,1-5H3. The van der Waals surface area contributed by atoms with Gasteiger partial charge < -0.3 is 5.73 Å². The average molecular weight is 289 g/mol. The highest BCUT2D eigenvalue weighted by atomic mass is 16.6. The van der Waals surface area contributed by atoms with Gasteiger partial charge in [-0.1, -0.05) is 32.1 Å². The molecule has 0 atom stereocenters. The van der Waals surface area contributed by atoms with Crippen LogP contribution in [0, 0.1) is 24.0 Å². The highest BCUT2D eigenvalue weighted by Crippen LogP contribution is 2.33. The molecule has 0 saturated carbocycles. The largest absolute Gasteiger partial charge is 0.381 e. The van der Waals surface area contributed by atoms with Gasteiger partial charge in [-0.15, -0.1) is 5.10 Å². The second kappa shape index (κ2) is 4.83. The predicted molar refractivity (Wildman–Crippen MR) is 80.6 cm³/mol. The quantitative estimate of drug-likeness (QED) is 0.676. The number of nitro benzene ring substituents is 1. The molecule has 0 bridgehead atoms. The number of nitrogens with zero attached hydrogens (tertiary/aromatic N) is 4. The highest BCUT2D eigenvalue weighted by Gasteiger charge is 2.27. The van der Waals surface area contributed by atoms with Crippen LogP contribution in [0.3, 0.4) is 0 Å². The molecule has 0 aliphatic heterocycles. The van der Waals surface area contributed by atoms with Crippen molar-refractivity contribution in [3.05, 3.63) is 39.1 Å². The Kier molecular flexibility index (Phi) is 3.44. The summed E-state index contributed by atoms with van der Waals surface area (Å²) in [5.41, 5.74) is 8.56. The Hall–Kier alpha value is -2.44. The zero-order valence-corrected chi connectivity index (χ0v) is 12.8. The smallest absolute Gasteiger partial charge is 0.274 e. The van der Waals surface area contributed by atoms with Gasteiger partial charge in [0, 0.05) is 11.5 Å². The Morgan fingerprint density at radius 3 is 2.43 bits per heavy atom. The number of rotatable bonds is 2. The van der Waals surface area contributed by atoms with Crippen LogP contribution < -0.4 is 5.73 Å². The van der Waals surface area contributed by atoms with E-state index in [2.05, 4.69) is 10.3 Å². The van der Waals surface area contributed by atoms with Crippen molar-refractivity contribution in [1.82, 2.24) is 15.0 Å². The first-order valence-corrected chi connectivity index (χ1v) is 6.61. The first kappa shape index (κ1) is 15.0. The van der Waals surface area contributed by atoms with E-state index in [0.717, 1.165) is 11.3 Å². The molecule has 2 aromatic rings. The maximum Gasteiger partial charge on any atom is 0.274 e. The Morgan fingerprint density at radius 1 is 1.29 bits per heavy atom. The van der Waals surface area contributed by atoms with E-state index in [1.165, 1.54) is 6.07 Å². The van der Waals surface area contributed by atoms with E-state index in [9.17, 15) is 10.1 Å². The van der Waals surface area contributed by atoms with Crippen LogP contribution in [0.15, 0.2) is 12.1 Å². The molecule has 0 aliphatic carbocycles. The van der Waals surface area contributed by atoms with Crippen molar-refractivity contribution >= 4 is 11.5 Å². The molecule has 1 heterocycles. The molecule has 2 rings (SSSR count). The molecule has 1 aromatic carbocycles. The molecule has 0 amide bonds. The van der Waals surface area contributed by atoms with Crippen molar-refractivity contribution in [2.45, 2.75) is 40.0 Å². The fourth-order valence-corrected chi connectivity index (χ4v) is 2.50. The van der Waals surface area contributed by atoms with Crippen LogP contribution in [0.25, 0.3) is 5.69 Å². The maximum absolute atomic E-state index is 11.1. The molecule has 2 N–H and O–H groups in total. The van der Waals surface area contributed by atoms with E-state index in [1.807, 2.05) is 27.7 Å². The summed E-state index contributed by atoms with van der Waals surface area (Å²) in [4.78, 5) is 10.7. The summed E-state index contributed by atoms with van der Waals surface area (Å²) in [5, 5.41) is 19.2. The van der Waals surface area contributed by atoms with Crippen molar-refractivity contribution < 1.29 is 4.92 Å². The minimum atomic E-state index is -0.394. The third-order valence-electron chi connectivity index (χ3n) is 3.42. The van der Waals surface area contributed by atoms with Crippen molar-refractivity contribution in [1.29, 1.82) is 0 Å². The maximum atomic E-state index is 11.1. The molecule has 0 fully saturated rings. The first-order chi connectivity index (χ1) is 9.64. The predicted octanol–water partition coefficient (Wildman–Crippen LogP) is 2.67. The van der Waals surface area contributed by atoms with Gasteiger partial charge in [0.1, 0.15) is 0 Å². The van der Waals surface area contributed by atoms with Crippen molar-refractivity contribution in [2.24, 2.45) is 0 Å². The van der Waals surface area contributed by atoms with E-state index in [0.29, 0.717) is 17.1 Å². The molecule has 0 spiro atoms. The van der Waals surface area contributed by atoms with Crippen molar-refractivity contribution in [2.75, 3.05) is 5.73 Å². The number of aromatic nitrogens is 3. The van der Waals surface area contributed by atoms with Gasteiger partial charge in [0.2, 0.25) is 0 Å². The van der Waals surface area contributed by atoms with Crippen LogP contribution in [0.5, 0.6) is 0 Å². The number of nitro groups is 1. The Labute approximate surface area is 122 Å². The van der Waals surface area contributed by atoms with Gasteiger partial charge in [0.25, 0.3) is 5.69 Å². The second-order valence-electron chi connectivity index (χ2n) is 6.12. The van der Waals surface area contributed by atoms with Gasteiger partial charge in [0.15, 0.2) is 5.82 Å². The molecule has 1 aromatic heterocycles. The minimum absolute atomic E-state index is 0.0598. The summed E-state index contributed by atoms with van der Waals surface area (Å²) in [6, 6.07) is 3.22. The number of benzene rings is 1. The fourth-order valence-electron chi connectivity index (χ4n) is 2.50. The molecule has 0 radical (unpaired) electrons. The molecule has 21 heavy (non-hydrogen) atoms. The first-order valence-electron chi connectivity index (χ1n) is 6.61. The van der Waals surface area contributed by atoms with Gasteiger partial charge in [-0.25, -0.2) is 4.68 Å². The Bertz CT molecular complexity index is 713. The van der Waals surface area contributed by atoms with E-state index in [1.54, 1.807) is 17.7 Å². The summed E-state index contributed by atoms with van der Waals surface area (Å²) in [6.45, 7) is 9.60. The van der Waals surface area contributed by atoms with Crippen LogP contribution >= 0.6 is 0 Å². The second-order valence-corrected chi connectivity index (χ2v) is 6.12. The number of hydrogen-bond acceptors (Lipinski definition) is 5. The topological polar surface area (TPSA) is 99.9 Å². The van der Waals surface area contributed by atoms with Gasteiger partial charge in [0.05, 0.1) is 21.9 Å². The normalized spacial score (nSPS) is 11.7. The monoisotopic (exact) mass is 289 g/mol. The average Bonchev–Trinajstić information content (AvgIpc) is 2.70. The molecule has 0 unspecified atom stereocenters. The SMILES string of the molecule is Cc1ccc([N+](=O)[O-])c(C)c1-n1nnc(N)c1C(C)(C)C. The van der Waals surface area contributed by atoms with Crippen molar-refractivity contribution in [3.8, 4) is 5.69 Å². The Balaban J connectivity index is 2.80. The fraction of sp³-hybridized carbons (Fsp3) is 0.429. The zero-order valence-electron chi connectivity index (χ0n) is 12.8. The van der Waals surface area contributed by atoms with Gasteiger partial charge in [-0.2, -0.15) is 0 Å². The summed E-state index contributed by atoms with van der Waals surface area (Å²) in [7, 11) is 0. The summed E-state index contributed by atoms with van der Waals surface area (Å²) >= 11 is 0. The highest BCUT2D eigenvalue weighted by molar-refractivity contribution is 5.58. The molecule has 0 aliphatic rings. The van der Waals surface area contributed by atoms with Crippen LogP contribution in [0.2, 0.25) is 0 Å². The van der Waals surface area contributed by atoms with Crippen LogP contribution in [0.1, 0.15) is 37.6 Å². The lowest BCUT2D eigenvalue weighted by Crippen LogP contribution is -2.20. The molecule has 0 saturated heterocycles. The molecule has 7 heteroatoms. The van der Waals surface area contributed by atoms with Crippen LogP contribution in [-0.2, 0) is 5.41 Å². The molecule has 112 valence electrons. The van der Waals surface area contributed by atoms with Crippen LogP contribution in [0.4, 0.5) is 11.5 Å². The van der Waals surface area contributed by atoms with Crippen molar-refractivity contribution in [3.63, 3.8) is 0 Å². The van der Waals surface area contributed by atoms with Crippen LogP contribution in [-0.4, -0.2) is 19.9 Å². The molecule has 7 nitrogen and oxygen atoms in total. The van der Waals surface area contributed by atoms with Gasteiger partial charge >= 0.3 is 0 Å².